The lowest BCUT2D eigenvalue weighted by atomic mass is 9.54. The van der Waals surface area contributed by atoms with Crippen molar-refractivity contribution in [1.82, 2.24) is 20.3 Å². The van der Waals surface area contributed by atoms with Crippen molar-refractivity contribution < 1.29 is 37.2 Å². The fourth-order valence-electron chi connectivity index (χ4n) is 11.2. The lowest BCUT2D eigenvalue weighted by molar-refractivity contribution is -0.144. The minimum absolute atomic E-state index is 0.0272. The molecule has 2 aromatic rings. The van der Waals surface area contributed by atoms with Crippen LogP contribution in [0, 0.1) is 29.1 Å². The molecule has 1 aliphatic heterocycles. The van der Waals surface area contributed by atoms with Gasteiger partial charge < -0.3 is 25.1 Å². The second-order valence-electron chi connectivity index (χ2n) is 19.5. The van der Waals surface area contributed by atoms with Crippen molar-refractivity contribution in [2.45, 2.75) is 126 Å². The van der Waals surface area contributed by atoms with Gasteiger partial charge in [0.15, 0.2) is 0 Å². The summed E-state index contributed by atoms with van der Waals surface area (Å²) in [6.07, 6.45) is 7.92. The maximum Gasteiger partial charge on any atom is 0.408 e. The van der Waals surface area contributed by atoms with E-state index in [0.29, 0.717) is 42.7 Å². The number of amides is 4. The Morgan fingerprint density at radius 3 is 2.02 bits per heavy atom. The Hall–Kier alpha value is -4.72. The summed E-state index contributed by atoms with van der Waals surface area (Å²) in [7, 11) is -3.90. The minimum Gasteiger partial charge on any atom is -0.443 e. The van der Waals surface area contributed by atoms with Crippen molar-refractivity contribution in [3.8, 4) is 11.1 Å². The fraction of sp³-hybridized carbons (Fsp3) is 0.578. The second kappa shape index (κ2) is 14.5. The van der Waals surface area contributed by atoms with Crippen LogP contribution in [0.3, 0.4) is 0 Å². The first-order chi connectivity index (χ1) is 28.1. The van der Waals surface area contributed by atoms with Crippen molar-refractivity contribution in [2.75, 3.05) is 6.54 Å². The average molecular weight is 826 g/mol. The first-order valence-electron chi connectivity index (χ1n) is 21.3. The van der Waals surface area contributed by atoms with Gasteiger partial charge in [0.25, 0.3) is 5.91 Å². The summed E-state index contributed by atoms with van der Waals surface area (Å²) in [6.45, 7) is 9.33. The van der Waals surface area contributed by atoms with E-state index in [2.05, 4.69) is 27.1 Å². The van der Waals surface area contributed by atoms with Gasteiger partial charge in [-0.2, -0.15) is 0 Å². The molecule has 7 fully saturated rings. The van der Waals surface area contributed by atoms with E-state index >= 15 is 0 Å². The van der Waals surface area contributed by atoms with E-state index in [0.717, 1.165) is 41.5 Å². The molecule has 7 aliphatic carbocycles. The van der Waals surface area contributed by atoms with E-state index in [1.165, 1.54) is 24.2 Å². The zero-order valence-electron chi connectivity index (χ0n) is 34.1. The highest BCUT2D eigenvalue weighted by Crippen LogP contribution is 2.57. The molecule has 3 N–H and O–H groups in total. The molecule has 8 aliphatic rings. The number of benzene rings is 2. The Bertz CT molecular complexity index is 2150. The van der Waals surface area contributed by atoms with Gasteiger partial charge in [-0.15, -0.1) is 6.58 Å². The van der Waals surface area contributed by atoms with Gasteiger partial charge in [-0.25, -0.2) is 13.2 Å². The lowest BCUT2D eigenvalue weighted by Crippen LogP contribution is -2.61. The van der Waals surface area contributed by atoms with Gasteiger partial charge in [-0.05, 0) is 104 Å². The summed E-state index contributed by atoms with van der Waals surface area (Å²) in [6, 6.07) is 13.6. The monoisotopic (exact) mass is 825 g/mol. The van der Waals surface area contributed by atoms with E-state index in [-0.39, 0.29) is 25.3 Å². The van der Waals surface area contributed by atoms with Crippen molar-refractivity contribution in [2.24, 2.45) is 34.2 Å². The van der Waals surface area contributed by atoms with Gasteiger partial charge >= 0.3 is 6.09 Å². The largest absolute Gasteiger partial charge is 0.443 e. The number of fused-ring (bicyclic) bond motifs is 3. The van der Waals surface area contributed by atoms with Crippen LogP contribution in [0.15, 0.2) is 66.3 Å². The summed E-state index contributed by atoms with van der Waals surface area (Å²) in [5, 5.41) is 9.85. The molecule has 14 heteroatoms. The molecule has 1 saturated heterocycles. The summed E-state index contributed by atoms with van der Waals surface area (Å²) in [4.78, 5) is 64.7. The van der Waals surface area contributed by atoms with Crippen LogP contribution in [0.25, 0.3) is 11.1 Å². The van der Waals surface area contributed by atoms with Crippen LogP contribution in [-0.2, 0) is 34.0 Å². The summed E-state index contributed by atoms with van der Waals surface area (Å²) in [5.74, 6) is -0.621. The Morgan fingerprint density at radius 2 is 1.47 bits per heavy atom. The third-order valence-electron chi connectivity index (χ3n) is 14.0. The molecule has 59 heavy (non-hydrogen) atoms. The van der Waals surface area contributed by atoms with Gasteiger partial charge in [-0.3, -0.25) is 19.1 Å². The molecule has 0 radical (unpaired) electrons. The van der Waals surface area contributed by atoms with E-state index in [1.807, 2.05) is 69.3 Å². The molecule has 314 valence electrons. The van der Waals surface area contributed by atoms with Crippen LogP contribution in [0.1, 0.15) is 103 Å². The normalized spacial score (nSPS) is 31.7. The number of nitrogens with zero attached hydrogens (tertiary/aromatic N) is 2. The molecule has 10 rings (SSSR count). The van der Waals surface area contributed by atoms with Crippen LogP contribution in [0.5, 0.6) is 0 Å². The highest BCUT2D eigenvalue weighted by molar-refractivity contribution is 7.91. The number of alkyl carbamates (subject to hydrolysis) is 1. The number of allylic oxidation sites excluding steroid dienone is 1. The molecular weight excluding hydrogens is 771 g/mol. The van der Waals surface area contributed by atoms with E-state index in [9.17, 15) is 27.6 Å². The summed E-state index contributed by atoms with van der Waals surface area (Å²) in [5.41, 5.74) is 1.68. The Morgan fingerprint density at radius 1 is 0.898 bits per heavy atom. The topological polar surface area (TPSA) is 173 Å². The van der Waals surface area contributed by atoms with E-state index in [4.69, 9.17) is 9.57 Å². The highest BCUT2D eigenvalue weighted by atomic mass is 32.2. The van der Waals surface area contributed by atoms with Crippen LogP contribution < -0.4 is 15.4 Å². The molecule has 2 aromatic carbocycles. The zero-order chi connectivity index (χ0) is 41.5. The number of oxime groups is 1. The van der Waals surface area contributed by atoms with Gasteiger partial charge in [0.05, 0.1) is 11.8 Å². The van der Waals surface area contributed by atoms with Crippen LogP contribution in [0.2, 0.25) is 0 Å². The quantitative estimate of drug-likeness (QED) is 0.157. The maximum absolute atomic E-state index is 14.9. The Kier molecular flexibility index (Phi) is 9.75. The second-order valence-corrected chi connectivity index (χ2v) is 21.5. The molecule has 13 nitrogen and oxygen atoms in total. The smallest absolute Gasteiger partial charge is 0.408 e. The third kappa shape index (κ3) is 7.43. The van der Waals surface area contributed by atoms with Crippen molar-refractivity contribution in [1.29, 1.82) is 0 Å². The SMILES string of the molecule is C=CC[C@@H]1C[C@]1(NC(=O)[C@@H]1C[C@@H](ON=C2c3ccccc3-c3ccccc32)CN1C(=O)[C@@H](NC(=O)OC12CC3CC(CC(C3)C1)C2)C(C)(C)C)C(=O)NS(=O)(=O)C1CC1. The first kappa shape index (κ1) is 39.7. The molecule has 0 aromatic heterocycles. The number of likely N-dealkylation sites (tertiary alicyclic amines) is 1. The fourth-order valence-corrected chi connectivity index (χ4v) is 12.6. The number of hydrogen-bond acceptors (Lipinski definition) is 9. The predicted molar refractivity (Wildman–Crippen MR) is 220 cm³/mol. The average Bonchev–Trinajstić information content (AvgIpc) is 4.08. The molecular formula is C45H55N5O8S. The Balaban J connectivity index is 0.984. The molecule has 4 amide bonds. The predicted octanol–water partition coefficient (Wildman–Crippen LogP) is 5.57. The molecule has 1 heterocycles. The van der Waals surface area contributed by atoms with E-state index < -0.39 is 73.8 Å². The number of ether oxygens (including phenoxy) is 1. The summed E-state index contributed by atoms with van der Waals surface area (Å²) >= 11 is 0. The molecule has 0 unspecified atom stereocenters. The maximum atomic E-state index is 14.9. The van der Waals surface area contributed by atoms with Gasteiger partial charge in [0.2, 0.25) is 21.8 Å². The third-order valence-corrected chi connectivity index (χ3v) is 15.8. The van der Waals surface area contributed by atoms with Crippen LogP contribution in [-0.4, -0.2) is 84.0 Å². The minimum atomic E-state index is -3.90. The first-order valence-corrected chi connectivity index (χ1v) is 22.8. The molecule has 5 atom stereocenters. The van der Waals surface area contributed by atoms with Gasteiger partial charge in [-0.1, -0.05) is 80.5 Å². The highest BCUT2D eigenvalue weighted by Gasteiger charge is 2.62. The van der Waals surface area contributed by atoms with E-state index in [1.54, 1.807) is 6.08 Å². The van der Waals surface area contributed by atoms with Crippen LogP contribution in [0.4, 0.5) is 4.79 Å². The van der Waals surface area contributed by atoms with Crippen molar-refractivity contribution >= 4 is 39.5 Å². The molecule has 6 saturated carbocycles. The number of carbonyl (C=O) groups is 4. The zero-order valence-corrected chi connectivity index (χ0v) is 34.9. The lowest BCUT2D eigenvalue weighted by Gasteiger charge is -2.55. The number of rotatable bonds is 12. The van der Waals surface area contributed by atoms with Crippen molar-refractivity contribution in [3.05, 3.63) is 72.3 Å². The van der Waals surface area contributed by atoms with Gasteiger partial charge in [0.1, 0.15) is 35.0 Å². The molecule has 0 spiro atoms. The number of sulfonamides is 1. The van der Waals surface area contributed by atoms with Gasteiger partial charge in [0, 0.05) is 17.5 Å². The summed E-state index contributed by atoms with van der Waals surface area (Å²) < 4.78 is 34.3. The number of nitrogens with one attached hydrogen (secondary N) is 3. The Labute approximate surface area is 346 Å². The van der Waals surface area contributed by atoms with Crippen molar-refractivity contribution in [3.63, 3.8) is 0 Å². The number of hydrogen-bond donors (Lipinski definition) is 3. The standard InChI is InChI=1S/C45H55N5O8S/c1-5-10-29-24-45(29,41(53)49-59(55,56)31-15-16-31)47-39(51)36-20-30(58-48-37-34-13-8-6-11-32(34)33-12-7-9-14-35(33)37)25-50(36)40(52)38(43(2,3)4)46-42(54)57-44-21-26-17-27(22-44)19-28(18-26)23-44/h5-9,11-14,26-31,36,38H,1,10,15-25H2,2-4H3,(H,46,54)(H,47,51)(H,49,53)/t26?,27?,28?,29-,30-,36+,38-,44?,45-/m1/s1. The number of carbonyl (C=O) groups excluding carboxylic acids is 4. The molecule has 4 bridgehead atoms. The van der Waals surface area contributed by atoms with Crippen LogP contribution >= 0.6 is 0 Å².